The number of nitrogens with one attached hydrogen (secondary N) is 1. The summed E-state index contributed by atoms with van der Waals surface area (Å²) in [5.74, 6) is -0.780. The summed E-state index contributed by atoms with van der Waals surface area (Å²) < 4.78 is 36.8. The molecule has 0 radical (unpaired) electrons. The molecule has 0 saturated heterocycles. The van der Waals surface area contributed by atoms with Gasteiger partial charge in [0, 0.05) is 19.6 Å². The lowest BCUT2D eigenvalue weighted by atomic mass is 10.1. The van der Waals surface area contributed by atoms with Gasteiger partial charge in [-0.25, -0.2) is 0 Å². The monoisotopic (exact) mass is 407 g/mol. The Balaban J connectivity index is 0.000000621. The first-order valence-corrected chi connectivity index (χ1v) is 8.81. The summed E-state index contributed by atoms with van der Waals surface area (Å²) >= 11 is 0. The normalized spacial score (nSPS) is 11.8. The predicted molar refractivity (Wildman–Crippen MR) is 98.0 cm³/mol. The molecule has 2 amide bonds. The smallest absolute Gasteiger partial charge is 0.393 e. The number of nitrogens with two attached hydrogens (primary N) is 1. The molecule has 160 valence electrons. The van der Waals surface area contributed by atoms with E-state index in [1.54, 1.807) is 4.90 Å². The van der Waals surface area contributed by atoms with Crippen molar-refractivity contribution >= 4 is 12.3 Å². The van der Waals surface area contributed by atoms with E-state index in [9.17, 15) is 22.8 Å². The van der Waals surface area contributed by atoms with Crippen LogP contribution in [0.5, 0.6) is 0 Å². The van der Waals surface area contributed by atoms with Crippen molar-refractivity contribution in [2.45, 2.75) is 38.6 Å². The van der Waals surface area contributed by atoms with E-state index < -0.39 is 30.4 Å². The van der Waals surface area contributed by atoms with Crippen LogP contribution in [0.2, 0.25) is 0 Å². The van der Waals surface area contributed by atoms with Gasteiger partial charge in [0.25, 0.3) is 5.91 Å². The lowest BCUT2D eigenvalue weighted by Crippen LogP contribution is -2.36. The molecule has 0 aliphatic rings. The molecule has 28 heavy (non-hydrogen) atoms. The van der Waals surface area contributed by atoms with Crippen molar-refractivity contribution in [3.05, 3.63) is 35.4 Å². The minimum atomic E-state index is -4.39. The molecule has 1 unspecified atom stereocenters. The summed E-state index contributed by atoms with van der Waals surface area (Å²) in [5, 5.41) is 19.7. The van der Waals surface area contributed by atoms with Gasteiger partial charge in [-0.2, -0.15) is 13.2 Å². The minimum Gasteiger partial charge on any atom is -0.393 e. The highest BCUT2D eigenvalue weighted by Gasteiger charge is 2.29. The van der Waals surface area contributed by atoms with Gasteiger partial charge in [0.15, 0.2) is 6.10 Å². The highest BCUT2D eigenvalue weighted by molar-refractivity contribution is 5.80. The number of halogens is 3. The maximum atomic E-state index is 12.3. The standard InChI is InChI=1S/C11H12F3NO3.C7H16N2O/c12-11(13,14)8-3-1-7(2-4-8)5-15-10(18)9(17)6-16;1-2-5-9(7-10)6-3-4-8/h1-4,9,16-17H,5-6H2,(H,15,18);7H,2-6,8H2,1H3. The Morgan fingerprint density at radius 1 is 1.29 bits per heavy atom. The van der Waals surface area contributed by atoms with Crippen LogP contribution in [0, 0.1) is 0 Å². The number of aliphatic hydroxyl groups is 2. The highest BCUT2D eigenvalue weighted by Crippen LogP contribution is 2.28. The number of amides is 2. The molecule has 0 spiro atoms. The first-order valence-electron chi connectivity index (χ1n) is 8.81. The Bertz CT molecular complexity index is 568. The van der Waals surface area contributed by atoms with E-state index in [2.05, 4.69) is 12.2 Å². The van der Waals surface area contributed by atoms with Crippen molar-refractivity contribution in [2.24, 2.45) is 5.73 Å². The molecule has 0 fully saturated rings. The molecule has 0 aromatic heterocycles. The third kappa shape index (κ3) is 10.9. The van der Waals surface area contributed by atoms with E-state index in [4.69, 9.17) is 15.9 Å². The average molecular weight is 407 g/mol. The number of carbonyl (C=O) groups excluding carboxylic acids is 2. The van der Waals surface area contributed by atoms with Crippen LogP contribution in [0.3, 0.4) is 0 Å². The molecular weight excluding hydrogens is 379 g/mol. The Morgan fingerprint density at radius 2 is 1.89 bits per heavy atom. The first-order chi connectivity index (χ1) is 13.2. The van der Waals surface area contributed by atoms with Crippen molar-refractivity contribution in [3.63, 3.8) is 0 Å². The molecule has 1 rings (SSSR count). The molecular formula is C18H28F3N3O4. The van der Waals surface area contributed by atoms with E-state index in [1.165, 1.54) is 12.1 Å². The maximum Gasteiger partial charge on any atom is 0.416 e. The summed E-state index contributed by atoms with van der Waals surface area (Å²) in [7, 11) is 0. The highest BCUT2D eigenvalue weighted by atomic mass is 19.4. The SMILES string of the molecule is CCCN(C=O)CCCN.O=C(NCc1ccc(C(F)(F)F)cc1)C(O)CO. The number of aliphatic hydroxyl groups excluding tert-OH is 2. The van der Waals surface area contributed by atoms with Gasteiger partial charge in [-0.15, -0.1) is 0 Å². The van der Waals surface area contributed by atoms with Gasteiger partial charge in [-0.1, -0.05) is 19.1 Å². The lowest BCUT2D eigenvalue weighted by Gasteiger charge is -2.14. The molecule has 0 saturated carbocycles. The fourth-order valence-electron chi connectivity index (χ4n) is 2.00. The molecule has 10 heteroatoms. The quantitative estimate of drug-likeness (QED) is 0.430. The van der Waals surface area contributed by atoms with E-state index >= 15 is 0 Å². The Morgan fingerprint density at radius 3 is 2.32 bits per heavy atom. The fourth-order valence-corrected chi connectivity index (χ4v) is 2.00. The number of hydrogen-bond donors (Lipinski definition) is 4. The van der Waals surface area contributed by atoms with Crippen molar-refractivity contribution in [3.8, 4) is 0 Å². The molecule has 0 aliphatic carbocycles. The van der Waals surface area contributed by atoms with Gasteiger partial charge < -0.3 is 26.2 Å². The molecule has 5 N–H and O–H groups in total. The molecule has 0 aliphatic heterocycles. The first kappa shape index (κ1) is 25.8. The number of alkyl halides is 3. The average Bonchev–Trinajstić information content (AvgIpc) is 2.68. The van der Waals surface area contributed by atoms with Crippen molar-refractivity contribution < 1.29 is 33.0 Å². The van der Waals surface area contributed by atoms with Crippen LogP contribution in [0.15, 0.2) is 24.3 Å². The minimum absolute atomic E-state index is 0.0198. The van der Waals surface area contributed by atoms with Gasteiger partial charge in [0.1, 0.15) is 0 Å². The van der Waals surface area contributed by atoms with Crippen LogP contribution in [-0.4, -0.2) is 59.8 Å². The van der Waals surface area contributed by atoms with Crippen LogP contribution < -0.4 is 11.1 Å². The second-order valence-electron chi connectivity index (χ2n) is 5.89. The van der Waals surface area contributed by atoms with E-state index in [0.29, 0.717) is 12.1 Å². The molecule has 1 aromatic carbocycles. The Hall–Kier alpha value is -2.17. The maximum absolute atomic E-state index is 12.3. The zero-order valence-corrected chi connectivity index (χ0v) is 15.8. The third-order valence-corrected chi connectivity index (χ3v) is 3.53. The zero-order valence-electron chi connectivity index (χ0n) is 15.8. The number of nitrogens with zero attached hydrogens (tertiary/aromatic N) is 1. The third-order valence-electron chi connectivity index (χ3n) is 3.53. The van der Waals surface area contributed by atoms with Crippen molar-refractivity contribution in [2.75, 3.05) is 26.2 Å². The number of carbonyl (C=O) groups is 2. The fraction of sp³-hybridized carbons (Fsp3) is 0.556. The summed E-state index contributed by atoms with van der Waals surface area (Å²) in [5.41, 5.74) is 4.97. The van der Waals surface area contributed by atoms with Crippen LogP contribution >= 0.6 is 0 Å². The Kier molecular flexibility index (Phi) is 12.8. The summed E-state index contributed by atoms with van der Waals surface area (Å²) in [4.78, 5) is 23.1. The number of hydrogen-bond acceptors (Lipinski definition) is 5. The van der Waals surface area contributed by atoms with Gasteiger partial charge >= 0.3 is 6.18 Å². The summed E-state index contributed by atoms with van der Waals surface area (Å²) in [6.07, 6.45) is -3.12. The molecule has 1 atom stereocenters. The van der Waals surface area contributed by atoms with Crippen LogP contribution in [0.25, 0.3) is 0 Å². The molecule has 0 heterocycles. The van der Waals surface area contributed by atoms with Gasteiger partial charge in [-0.3, -0.25) is 9.59 Å². The molecule has 0 bridgehead atoms. The number of rotatable bonds is 10. The van der Waals surface area contributed by atoms with Crippen molar-refractivity contribution in [1.29, 1.82) is 0 Å². The van der Waals surface area contributed by atoms with E-state index in [0.717, 1.165) is 44.5 Å². The van der Waals surface area contributed by atoms with Crippen LogP contribution in [0.4, 0.5) is 13.2 Å². The molecule has 1 aromatic rings. The van der Waals surface area contributed by atoms with E-state index in [-0.39, 0.29) is 6.54 Å². The largest absolute Gasteiger partial charge is 0.416 e. The predicted octanol–water partition coefficient (Wildman–Crippen LogP) is 0.878. The topological polar surface area (TPSA) is 116 Å². The van der Waals surface area contributed by atoms with Crippen LogP contribution in [0.1, 0.15) is 30.9 Å². The van der Waals surface area contributed by atoms with Gasteiger partial charge in [-0.05, 0) is 37.1 Å². The van der Waals surface area contributed by atoms with Gasteiger partial charge in [0.05, 0.1) is 12.2 Å². The van der Waals surface area contributed by atoms with Crippen molar-refractivity contribution in [1.82, 2.24) is 10.2 Å². The summed E-state index contributed by atoms with van der Waals surface area (Å²) in [6, 6.07) is 4.27. The zero-order chi connectivity index (χ0) is 21.6. The lowest BCUT2D eigenvalue weighted by molar-refractivity contribution is -0.137. The number of benzene rings is 1. The van der Waals surface area contributed by atoms with E-state index in [1.807, 2.05) is 0 Å². The van der Waals surface area contributed by atoms with Crippen LogP contribution in [-0.2, 0) is 22.3 Å². The van der Waals surface area contributed by atoms with Gasteiger partial charge in [0.2, 0.25) is 6.41 Å². The second-order valence-corrected chi connectivity index (χ2v) is 5.89. The molecule has 7 nitrogen and oxygen atoms in total. The summed E-state index contributed by atoms with van der Waals surface area (Å²) in [6.45, 7) is 3.64. The second kappa shape index (κ2) is 13.9. The Labute approximate surface area is 162 Å².